The van der Waals surface area contributed by atoms with Gasteiger partial charge in [0.15, 0.2) is 0 Å². The number of rotatable bonds is 2. The maximum Gasteiger partial charge on any atom is 0.306 e. The third-order valence-electron chi connectivity index (χ3n) is 9.49. The molecule has 28 heavy (non-hydrogen) atoms. The van der Waals surface area contributed by atoms with Crippen LogP contribution in [0.2, 0.25) is 0 Å². The molecule has 0 spiro atoms. The Bertz CT molecular complexity index is 695. The first-order valence-electron chi connectivity index (χ1n) is 11.7. The fourth-order valence-electron chi connectivity index (χ4n) is 8.36. The van der Waals surface area contributed by atoms with E-state index in [-0.39, 0.29) is 11.8 Å². The fourth-order valence-corrected chi connectivity index (χ4v) is 8.36. The van der Waals surface area contributed by atoms with E-state index in [0.29, 0.717) is 29.6 Å². The molecule has 0 amide bonds. The van der Waals surface area contributed by atoms with Crippen LogP contribution in [0.3, 0.4) is 0 Å². The summed E-state index contributed by atoms with van der Waals surface area (Å²) in [7, 11) is 0. The molecule has 5 aliphatic rings. The van der Waals surface area contributed by atoms with Crippen LogP contribution in [0, 0.1) is 47.3 Å². The highest BCUT2D eigenvalue weighted by Gasteiger charge is 2.51. The minimum Gasteiger partial charge on any atom is -0.481 e. The van der Waals surface area contributed by atoms with Crippen molar-refractivity contribution in [3.05, 3.63) is 11.1 Å². The van der Waals surface area contributed by atoms with Gasteiger partial charge in [0.1, 0.15) is 0 Å². The van der Waals surface area contributed by atoms with E-state index in [1.807, 2.05) is 0 Å². The molecular formula is C24H34O4. The van der Waals surface area contributed by atoms with Crippen LogP contribution in [0.4, 0.5) is 0 Å². The molecular weight excluding hydrogens is 352 g/mol. The van der Waals surface area contributed by atoms with Crippen molar-refractivity contribution >= 4 is 11.9 Å². The lowest BCUT2D eigenvalue weighted by Crippen LogP contribution is -2.47. The van der Waals surface area contributed by atoms with E-state index in [2.05, 4.69) is 0 Å². The average Bonchev–Trinajstić information content (AvgIpc) is 2.71. The number of hydrogen-bond donors (Lipinski definition) is 2. The maximum absolute atomic E-state index is 11.8. The Labute approximate surface area is 167 Å². The summed E-state index contributed by atoms with van der Waals surface area (Å²) in [4.78, 5) is 23.4. The zero-order chi connectivity index (χ0) is 19.4. The van der Waals surface area contributed by atoms with Gasteiger partial charge >= 0.3 is 11.9 Å². The highest BCUT2D eigenvalue weighted by atomic mass is 16.4. The number of carboxylic acids is 2. The summed E-state index contributed by atoms with van der Waals surface area (Å²) in [5, 5.41) is 19.2. The zero-order valence-electron chi connectivity index (χ0n) is 16.8. The number of carbonyl (C=O) groups is 2. The summed E-state index contributed by atoms with van der Waals surface area (Å²) >= 11 is 0. The Morgan fingerprint density at radius 3 is 2.21 bits per heavy atom. The Balaban J connectivity index is 1.40. The van der Waals surface area contributed by atoms with Crippen molar-refractivity contribution in [1.29, 1.82) is 0 Å². The molecule has 4 heteroatoms. The Morgan fingerprint density at radius 1 is 0.679 bits per heavy atom. The minimum atomic E-state index is -0.607. The van der Waals surface area contributed by atoms with Crippen molar-refractivity contribution in [3.63, 3.8) is 0 Å². The first kappa shape index (κ1) is 18.7. The molecule has 5 aliphatic carbocycles. The molecule has 8 unspecified atom stereocenters. The number of aliphatic carboxylic acids is 2. The van der Waals surface area contributed by atoms with Gasteiger partial charge in [-0.05, 0) is 106 Å². The molecule has 2 N–H and O–H groups in total. The van der Waals surface area contributed by atoms with Gasteiger partial charge in [-0.1, -0.05) is 17.6 Å². The molecule has 0 aromatic heterocycles. The van der Waals surface area contributed by atoms with E-state index in [9.17, 15) is 19.8 Å². The van der Waals surface area contributed by atoms with Crippen LogP contribution in [0.25, 0.3) is 0 Å². The summed E-state index contributed by atoms with van der Waals surface area (Å²) in [5.41, 5.74) is 3.20. The summed E-state index contributed by atoms with van der Waals surface area (Å²) < 4.78 is 0. The van der Waals surface area contributed by atoms with Gasteiger partial charge in [0.2, 0.25) is 0 Å². The van der Waals surface area contributed by atoms with Gasteiger partial charge < -0.3 is 10.2 Å². The van der Waals surface area contributed by atoms with Crippen LogP contribution in [0.1, 0.15) is 77.0 Å². The summed E-state index contributed by atoms with van der Waals surface area (Å²) in [5.74, 6) is 2.36. The normalized spacial score (nSPS) is 45.3. The second kappa shape index (κ2) is 7.18. The Kier molecular flexibility index (Phi) is 4.79. The van der Waals surface area contributed by atoms with Crippen LogP contribution in [0.5, 0.6) is 0 Å². The van der Waals surface area contributed by atoms with E-state index in [1.54, 1.807) is 11.1 Å². The number of carboxylic acid groups (broad SMARTS) is 2. The third-order valence-corrected chi connectivity index (χ3v) is 9.49. The van der Waals surface area contributed by atoms with Gasteiger partial charge in [0.05, 0.1) is 11.8 Å². The van der Waals surface area contributed by atoms with Gasteiger partial charge in [-0.3, -0.25) is 9.59 Å². The van der Waals surface area contributed by atoms with Gasteiger partial charge in [0.25, 0.3) is 0 Å². The molecule has 0 heterocycles. The molecule has 4 saturated carbocycles. The number of hydrogen-bond acceptors (Lipinski definition) is 2. The quantitative estimate of drug-likeness (QED) is 0.645. The van der Waals surface area contributed by atoms with E-state index in [1.165, 1.54) is 32.1 Å². The van der Waals surface area contributed by atoms with Gasteiger partial charge in [-0.25, -0.2) is 0 Å². The lowest BCUT2D eigenvalue weighted by atomic mass is 9.50. The summed E-state index contributed by atoms with van der Waals surface area (Å²) in [6.45, 7) is 0. The van der Waals surface area contributed by atoms with Crippen molar-refractivity contribution in [2.24, 2.45) is 47.3 Å². The molecule has 5 rings (SSSR count). The van der Waals surface area contributed by atoms with Gasteiger partial charge in [-0.15, -0.1) is 0 Å². The molecule has 4 nitrogen and oxygen atoms in total. The van der Waals surface area contributed by atoms with E-state index in [4.69, 9.17) is 0 Å². The maximum atomic E-state index is 11.8. The molecule has 0 aliphatic heterocycles. The van der Waals surface area contributed by atoms with Crippen LogP contribution in [-0.2, 0) is 9.59 Å². The summed E-state index contributed by atoms with van der Waals surface area (Å²) in [6.07, 6.45) is 13.2. The van der Waals surface area contributed by atoms with Crippen LogP contribution in [-0.4, -0.2) is 22.2 Å². The topological polar surface area (TPSA) is 74.6 Å². The van der Waals surface area contributed by atoms with Gasteiger partial charge in [-0.2, -0.15) is 0 Å². The van der Waals surface area contributed by atoms with Crippen molar-refractivity contribution in [3.8, 4) is 0 Å². The lowest BCUT2D eigenvalue weighted by molar-refractivity contribution is -0.149. The van der Waals surface area contributed by atoms with Crippen LogP contribution < -0.4 is 0 Å². The van der Waals surface area contributed by atoms with Crippen molar-refractivity contribution in [2.75, 3.05) is 0 Å². The Hall–Kier alpha value is -1.32. The van der Waals surface area contributed by atoms with Crippen LogP contribution in [0.15, 0.2) is 11.1 Å². The standard InChI is InChI=1S/C24H34O4/c25-23(26)14-5-4-13-6-7-16-18-8-10-19-15(2-1-3-21(19)24(27)28)17(18)9-11-20(16)22(13)12-14/h13-19,21H,1-12H2,(H,25,26)(H,27,28). The molecule has 154 valence electrons. The molecule has 0 aromatic carbocycles. The van der Waals surface area contributed by atoms with E-state index in [0.717, 1.165) is 50.9 Å². The Morgan fingerprint density at radius 2 is 1.43 bits per heavy atom. The summed E-state index contributed by atoms with van der Waals surface area (Å²) in [6, 6.07) is 0. The second-order valence-corrected chi connectivity index (χ2v) is 10.4. The second-order valence-electron chi connectivity index (χ2n) is 10.4. The average molecular weight is 387 g/mol. The predicted molar refractivity (Wildman–Crippen MR) is 106 cm³/mol. The fraction of sp³-hybridized carbons (Fsp3) is 0.833. The highest BCUT2D eigenvalue weighted by molar-refractivity contribution is 5.71. The first-order valence-corrected chi connectivity index (χ1v) is 11.7. The van der Waals surface area contributed by atoms with E-state index >= 15 is 0 Å². The highest BCUT2D eigenvalue weighted by Crippen LogP contribution is 2.59. The SMILES string of the molecule is O=C(O)C1CCC2CCC3C(=C2C1)CCC1C3CCC2C(C(=O)O)CCCC21. The molecule has 4 fully saturated rings. The third kappa shape index (κ3) is 2.93. The molecule has 0 bridgehead atoms. The van der Waals surface area contributed by atoms with Gasteiger partial charge in [0, 0.05) is 0 Å². The number of allylic oxidation sites excluding steroid dienone is 2. The predicted octanol–water partition coefficient (Wildman–Crippen LogP) is 5.13. The molecule has 0 radical (unpaired) electrons. The van der Waals surface area contributed by atoms with Crippen molar-refractivity contribution in [1.82, 2.24) is 0 Å². The molecule has 0 aromatic rings. The van der Waals surface area contributed by atoms with E-state index < -0.39 is 11.9 Å². The van der Waals surface area contributed by atoms with Crippen LogP contribution >= 0.6 is 0 Å². The molecule has 8 atom stereocenters. The van der Waals surface area contributed by atoms with Crippen molar-refractivity contribution in [2.45, 2.75) is 77.0 Å². The minimum absolute atomic E-state index is 0.107. The number of fused-ring (bicyclic) bond motifs is 6. The van der Waals surface area contributed by atoms with Crippen molar-refractivity contribution < 1.29 is 19.8 Å². The monoisotopic (exact) mass is 386 g/mol. The largest absolute Gasteiger partial charge is 0.481 e. The lowest BCUT2D eigenvalue weighted by Gasteiger charge is -2.55. The molecule has 0 saturated heterocycles. The zero-order valence-corrected chi connectivity index (χ0v) is 16.8. The smallest absolute Gasteiger partial charge is 0.306 e. The first-order chi connectivity index (χ1) is 13.5.